The molecule has 5 nitrogen and oxygen atoms in total. The highest BCUT2D eigenvalue weighted by Gasteiger charge is 2.25. The molecular formula is C23H33N3O2. The lowest BCUT2D eigenvalue weighted by molar-refractivity contribution is -0.132. The molecule has 0 atom stereocenters. The molecule has 1 aliphatic heterocycles. The summed E-state index contributed by atoms with van der Waals surface area (Å²) in [5, 5.41) is 0. The molecule has 0 bridgehead atoms. The molecule has 2 N–H and O–H groups in total. The third kappa shape index (κ3) is 5.02. The average molecular weight is 384 g/mol. The highest BCUT2D eigenvalue weighted by molar-refractivity contribution is 5.98. The van der Waals surface area contributed by atoms with E-state index in [1.807, 2.05) is 30.0 Å². The highest BCUT2D eigenvalue weighted by atomic mass is 16.2. The Kier molecular flexibility index (Phi) is 6.89. The van der Waals surface area contributed by atoms with Crippen LogP contribution in [0.4, 0.5) is 0 Å². The number of carbonyl (C=O) groups excluding carboxylic acids is 2. The number of likely N-dealkylation sites (N-methyl/N-ethyl adjacent to an activating group) is 1. The van der Waals surface area contributed by atoms with E-state index >= 15 is 0 Å². The van der Waals surface area contributed by atoms with E-state index in [0.717, 1.165) is 44.3 Å². The van der Waals surface area contributed by atoms with E-state index in [4.69, 9.17) is 5.73 Å². The zero-order valence-corrected chi connectivity index (χ0v) is 17.2. The topological polar surface area (TPSA) is 66.6 Å². The molecule has 2 aliphatic rings. The number of hydrogen-bond acceptors (Lipinski definition) is 3. The number of carbonyl (C=O) groups is 2. The van der Waals surface area contributed by atoms with Crippen LogP contribution in [0.5, 0.6) is 0 Å². The Labute approximate surface area is 168 Å². The van der Waals surface area contributed by atoms with Crippen molar-refractivity contribution in [2.75, 3.05) is 33.7 Å². The van der Waals surface area contributed by atoms with Crippen molar-refractivity contribution in [3.63, 3.8) is 0 Å². The molecule has 2 amide bonds. The molecule has 1 aromatic carbocycles. The first-order valence-electron chi connectivity index (χ1n) is 10.5. The quantitative estimate of drug-likeness (QED) is 0.847. The number of benzene rings is 1. The van der Waals surface area contributed by atoms with E-state index in [9.17, 15) is 9.59 Å². The lowest BCUT2D eigenvalue weighted by atomic mass is 9.85. The number of hydrogen-bond donors (Lipinski definition) is 1. The Morgan fingerprint density at radius 2 is 1.89 bits per heavy atom. The van der Waals surface area contributed by atoms with Gasteiger partial charge < -0.3 is 15.5 Å². The summed E-state index contributed by atoms with van der Waals surface area (Å²) in [7, 11) is 3.85. The molecule has 0 spiro atoms. The molecular weight excluding hydrogens is 350 g/mol. The summed E-state index contributed by atoms with van der Waals surface area (Å²) in [6.07, 6.45) is 9.94. The van der Waals surface area contributed by atoms with Gasteiger partial charge in [0.05, 0.1) is 6.54 Å². The lowest BCUT2D eigenvalue weighted by Crippen LogP contribution is -2.42. The van der Waals surface area contributed by atoms with Crippen LogP contribution in [0.2, 0.25) is 0 Å². The van der Waals surface area contributed by atoms with Gasteiger partial charge in [0.15, 0.2) is 0 Å². The zero-order valence-electron chi connectivity index (χ0n) is 17.2. The standard InChI is InChI=1S/C23H33N3O2/c1-25(2)16-22(27)26-13-11-17(12-14-26)19-9-10-20(23(24)28)21(15-19)18-7-5-3-4-6-8-18/h7,9-10,15,17H,3-6,8,11-14,16H2,1-2H3,(H2,24,28). The van der Waals surface area contributed by atoms with Crippen LogP contribution in [-0.4, -0.2) is 55.3 Å². The smallest absolute Gasteiger partial charge is 0.249 e. The van der Waals surface area contributed by atoms with Crippen molar-refractivity contribution in [3.8, 4) is 0 Å². The van der Waals surface area contributed by atoms with Crippen LogP contribution >= 0.6 is 0 Å². The molecule has 28 heavy (non-hydrogen) atoms. The van der Waals surface area contributed by atoms with Crippen LogP contribution in [-0.2, 0) is 4.79 Å². The van der Waals surface area contributed by atoms with Crippen molar-refractivity contribution in [1.82, 2.24) is 9.80 Å². The predicted molar refractivity (Wildman–Crippen MR) is 113 cm³/mol. The first-order chi connectivity index (χ1) is 13.5. The van der Waals surface area contributed by atoms with Crippen molar-refractivity contribution < 1.29 is 9.59 Å². The summed E-state index contributed by atoms with van der Waals surface area (Å²) in [6.45, 7) is 2.07. The molecule has 3 rings (SSSR count). The fourth-order valence-electron chi connectivity index (χ4n) is 4.39. The Morgan fingerprint density at radius 3 is 2.57 bits per heavy atom. The van der Waals surface area contributed by atoms with Gasteiger partial charge in [-0.1, -0.05) is 24.6 Å². The maximum absolute atomic E-state index is 12.3. The molecule has 1 aliphatic carbocycles. The van der Waals surface area contributed by atoms with Gasteiger partial charge in [0.2, 0.25) is 11.8 Å². The number of allylic oxidation sites excluding steroid dienone is 2. The molecule has 0 radical (unpaired) electrons. The van der Waals surface area contributed by atoms with Crippen molar-refractivity contribution in [3.05, 3.63) is 41.0 Å². The number of nitrogens with zero attached hydrogens (tertiary/aromatic N) is 2. The Hall–Kier alpha value is -2.14. The van der Waals surface area contributed by atoms with Gasteiger partial charge in [-0.25, -0.2) is 0 Å². The zero-order chi connectivity index (χ0) is 20.1. The molecule has 152 valence electrons. The minimum absolute atomic E-state index is 0.205. The monoisotopic (exact) mass is 383 g/mol. The van der Waals surface area contributed by atoms with Crippen LogP contribution in [0.15, 0.2) is 24.3 Å². The molecule has 1 aromatic rings. The summed E-state index contributed by atoms with van der Waals surface area (Å²) in [5.74, 6) is 0.281. The van der Waals surface area contributed by atoms with Gasteiger partial charge in [-0.2, -0.15) is 0 Å². The minimum Gasteiger partial charge on any atom is -0.366 e. The van der Waals surface area contributed by atoms with Crippen molar-refractivity contribution in [2.24, 2.45) is 5.73 Å². The SMILES string of the molecule is CN(C)CC(=O)N1CCC(c2ccc(C(N)=O)c(C3=CCCCCC3)c2)CC1. The maximum Gasteiger partial charge on any atom is 0.249 e. The van der Waals surface area contributed by atoms with Gasteiger partial charge in [-0.3, -0.25) is 9.59 Å². The molecule has 1 heterocycles. The van der Waals surface area contributed by atoms with Crippen molar-refractivity contribution in [2.45, 2.75) is 50.9 Å². The molecule has 0 saturated carbocycles. The fraction of sp³-hybridized carbons (Fsp3) is 0.565. The van der Waals surface area contributed by atoms with Gasteiger partial charge in [0.25, 0.3) is 0 Å². The Balaban J connectivity index is 1.76. The second-order valence-corrected chi connectivity index (χ2v) is 8.39. The number of amides is 2. The second kappa shape index (κ2) is 9.37. The van der Waals surface area contributed by atoms with Crippen molar-refractivity contribution >= 4 is 17.4 Å². The van der Waals surface area contributed by atoms with Crippen LogP contribution in [0, 0.1) is 0 Å². The number of primary amides is 1. The molecule has 1 fully saturated rings. The highest BCUT2D eigenvalue weighted by Crippen LogP contribution is 2.34. The van der Waals surface area contributed by atoms with E-state index in [1.54, 1.807) is 0 Å². The van der Waals surface area contributed by atoms with E-state index in [0.29, 0.717) is 18.0 Å². The summed E-state index contributed by atoms with van der Waals surface area (Å²) in [4.78, 5) is 28.2. The van der Waals surface area contributed by atoms with E-state index in [-0.39, 0.29) is 11.8 Å². The normalized spacial score (nSPS) is 18.7. The van der Waals surface area contributed by atoms with Gasteiger partial charge in [-0.15, -0.1) is 0 Å². The van der Waals surface area contributed by atoms with E-state index in [2.05, 4.69) is 18.2 Å². The fourth-order valence-corrected chi connectivity index (χ4v) is 4.39. The number of rotatable bonds is 5. The molecule has 0 unspecified atom stereocenters. The second-order valence-electron chi connectivity index (χ2n) is 8.39. The molecule has 1 saturated heterocycles. The summed E-state index contributed by atoms with van der Waals surface area (Å²) in [5.41, 5.74) is 9.86. The first kappa shape index (κ1) is 20.6. The number of piperidine rings is 1. The summed E-state index contributed by atoms with van der Waals surface area (Å²) < 4.78 is 0. The van der Waals surface area contributed by atoms with Crippen LogP contribution in [0.3, 0.4) is 0 Å². The predicted octanol–water partition coefficient (Wildman–Crippen LogP) is 3.40. The van der Waals surface area contributed by atoms with Gasteiger partial charge in [-0.05, 0) is 81.3 Å². The number of nitrogens with two attached hydrogens (primary N) is 1. The van der Waals surface area contributed by atoms with Gasteiger partial charge >= 0.3 is 0 Å². The summed E-state index contributed by atoms with van der Waals surface area (Å²) in [6, 6.07) is 6.16. The Morgan fingerprint density at radius 1 is 1.14 bits per heavy atom. The van der Waals surface area contributed by atoms with Crippen LogP contribution in [0.1, 0.15) is 72.3 Å². The van der Waals surface area contributed by atoms with E-state index < -0.39 is 0 Å². The minimum atomic E-state index is -0.351. The van der Waals surface area contributed by atoms with E-state index in [1.165, 1.54) is 30.4 Å². The third-order valence-electron chi connectivity index (χ3n) is 5.97. The van der Waals surface area contributed by atoms with Crippen molar-refractivity contribution in [1.29, 1.82) is 0 Å². The summed E-state index contributed by atoms with van der Waals surface area (Å²) >= 11 is 0. The van der Waals surface area contributed by atoms with Crippen LogP contribution in [0.25, 0.3) is 5.57 Å². The average Bonchev–Trinajstić information content (AvgIpc) is 2.96. The Bertz CT molecular complexity index is 746. The maximum atomic E-state index is 12.3. The molecule has 5 heteroatoms. The lowest BCUT2D eigenvalue weighted by Gasteiger charge is -2.33. The third-order valence-corrected chi connectivity index (χ3v) is 5.97. The van der Waals surface area contributed by atoms with Gasteiger partial charge in [0.1, 0.15) is 0 Å². The van der Waals surface area contributed by atoms with Gasteiger partial charge in [0, 0.05) is 18.7 Å². The first-order valence-corrected chi connectivity index (χ1v) is 10.5. The van der Waals surface area contributed by atoms with Crippen LogP contribution < -0.4 is 5.73 Å². The largest absolute Gasteiger partial charge is 0.366 e. The molecule has 0 aromatic heterocycles. The number of likely N-dealkylation sites (tertiary alicyclic amines) is 1.